The summed E-state index contributed by atoms with van der Waals surface area (Å²) in [5, 5.41) is 2.42. The second kappa shape index (κ2) is 10.3. The number of hydroxylamine groups is 1. The van der Waals surface area contributed by atoms with E-state index in [-0.39, 0.29) is 31.0 Å². The first-order valence-corrected chi connectivity index (χ1v) is 9.60. The Balaban J connectivity index is 1.92. The van der Waals surface area contributed by atoms with Crippen LogP contribution in [0.15, 0.2) is 18.2 Å². The van der Waals surface area contributed by atoms with Gasteiger partial charge in [-0.2, -0.15) is 26.3 Å². The number of carbonyl (C=O) groups excluding carboxylic acids is 2. The number of nitrogens with zero attached hydrogens (tertiary/aromatic N) is 1. The molecular weight excluding hydrogens is 432 g/mol. The number of rotatable bonds is 7. The Morgan fingerprint density at radius 2 is 1.58 bits per heavy atom. The summed E-state index contributed by atoms with van der Waals surface area (Å²) in [5.74, 6) is -1.31. The fraction of sp³-hybridized carbons (Fsp3) is 0.579. The lowest BCUT2D eigenvalue weighted by molar-refractivity contribution is -0.143. The highest BCUT2D eigenvalue weighted by molar-refractivity contribution is 5.94. The van der Waals surface area contributed by atoms with Gasteiger partial charge in [-0.3, -0.25) is 19.3 Å². The summed E-state index contributed by atoms with van der Waals surface area (Å²) in [5.41, 5.74) is -1.49. The molecular formula is C19H23F6N3O3. The van der Waals surface area contributed by atoms with Gasteiger partial charge in [0.1, 0.15) is 0 Å². The van der Waals surface area contributed by atoms with Gasteiger partial charge in [0.15, 0.2) is 0 Å². The van der Waals surface area contributed by atoms with Crippen molar-refractivity contribution in [1.29, 1.82) is 0 Å². The first-order valence-electron chi connectivity index (χ1n) is 9.60. The topological polar surface area (TPSA) is 70.7 Å². The van der Waals surface area contributed by atoms with Crippen molar-refractivity contribution in [3.05, 3.63) is 34.9 Å². The molecule has 1 aliphatic heterocycles. The maximum atomic E-state index is 12.9. The minimum absolute atomic E-state index is 0.0111. The molecule has 0 radical (unpaired) electrons. The van der Waals surface area contributed by atoms with Gasteiger partial charge in [0.2, 0.25) is 0 Å². The standard InChI is InChI=1S/C19H23F6N3O3/c1-2-31-27-16(29)11-28-5-3-12(4-6-28)10-26-17(30)13-7-14(18(20,21)22)9-15(8-13)19(23,24)25/h7-9,12H,2-6,10-11H2,1H3,(H,26,30)(H,27,29). The van der Waals surface area contributed by atoms with Crippen LogP contribution in [0.25, 0.3) is 0 Å². The molecule has 2 N–H and O–H groups in total. The maximum Gasteiger partial charge on any atom is 0.416 e. The highest BCUT2D eigenvalue weighted by Gasteiger charge is 2.37. The van der Waals surface area contributed by atoms with Crippen LogP contribution in [0, 0.1) is 5.92 Å². The fourth-order valence-corrected chi connectivity index (χ4v) is 3.16. The molecule has 1 heterocycles. The summed E-state index contributed by atoms with van der Waals surface area (Å²) in [6.07, 6.45) is -8.81. The summed E-state index contributed by atoms with van der Waals surface area (Å²) in [7, 11) is 0. The van der Waals surface area contributed by atoms with E-state index in [1.165, 1.54) is 0 Å². The molecule has 0 aliphatic carbocycles. The van der Waals surface area contributed by atoms with E-state index in [0.29, 0.717) is 44.7 Å². The van der Waals surface area contributed by atoms with Gasteiger partial charge in [-0.1, -0.05) is 0 Å². The van der Waals surface area contributed by atoms with Crippen LogP contribution >= 0.6 is 0 Å². The van der Waals surface area contributed by atoms with Gasteiger partial charge in [-0.15, -0.1) is 0 Å². The second-order valence-corrected chi connectivity index (χ2v) is 7.18. The Kier molecular flexibility index (Phi) is 8.29. The number of amides is 2. The number of alkyl halides is 6. The Hall–Kier alpha value is -2.34. The summed E-state index contributed by atoms with van der Waals surface area (Å²) in [6.45, 7) is 3.43. The molecule has 6 nitrogen and oxygen atoms in total. The fourth-order valence-electron chi connectivity index (χ4n) is 3.16. The van der Waals surface area contributed by atoms with Gasteiger partial charge in [-0.05, 0) is 57.0 Å². The third-order valence-corrected chi connectivity index (χ3v) is 4.81. The van der Waals surface area contributed by atoms with E-state index in [2.05, 4.69) is 10.8 Å². The zero-order valence-electron chi connectivity index (χ0n) is 16.7. The van der Waals surface area contributed by atoms with E-state index in [1.54, 1.807) is 6.92 Å². The molecule has 0 spiro atoms. The molecule has 1 aliphatic rings. The first-order chi connectivity index (χ1) is 14.4. The predicted octanol–water partition coefficient (Wildman–Crippen LogP) is 3.23. The monoisotopic (exact) mass is 455 g/mol. The van der Waals surface area contributed by atoms with E-state index >= 15 is 0 Å². The lowest BCUT2D eigenvalue weighted by Gasteiger charge is -2.31. The number of halogens is 6. The van der Waals surface area contributed by atoms with E-state index in [1.807, 2.05) is 4.90 Å². The van der Waals surface area contributed by atoms with Crippen LogP contribution in [0.3, 0.4) is 0 Å². The van der Waals surface area contributed by atoms with Gasteiger partial charge < -0.3 is 5.32 Å². The third-order valence-electron chi connectivity index (χ3n) is 4.81. The van der Waals surface area contributed by atoms with Crippen molar-refractivity contribution >= 4 is 11.8 Å². The molecule has 0 saturated carbocycles. The molecule has 0 unspecified atom stereocenters. The summed E-state index contributed by atoms with van der Waals surface area (Å²) >= 11 is 0. The summed E-state index contributed by atoms with van der Waals surface area (Å²) < 4.78 is 77.6. The Bertz CT molecular complexity index is 742. The smallest absolute Gasteiger partial charge is 0.352 e. The molecule has 2 amide bonds. The van der Waals surface area contributed by atoms with Crippen LogP contribution in [0.2, 0.25) is 0 Å². The molecule has 0 bridgehead atoms. The first kappa shape index (κ1) is 24.9. The van der Waals surface area contributed by atoms with Crippen molar-refractivity contribution in [2.45, 2.75) is 32.1 Å². The van der Waals surface area contributed by atoms with E-state index in [0.717, 1.165) is 0 Å². The largest absolute Gasteiger partial charge is 0.416 e. The minimum atomic E-state index is -5.02. The molecule has 2 rings (SSSR count). The average molecular weight is 455 g/mol. The van der Waals surface area contributed by atoms with E-state index in [9.17, 15) is 35.9 Å². The number of likely N-dealkylation sites (tertiary alicyclic amines) is 1. The van der Waals surface area contributed by atoms with Crippen LogP contribution in [-0.4, -0.2) is 49.5 Å². The molecule has 1 fully saturated rings. The number of piperidine rings is 1. The summed E-state index contributed by atoms with van der Waals surface area (Å²) in [4.78, 5) is 30.6. The normalized spacial score (nSPS) is 16.2. The van der Waals surface area contributed by atoms with Crippen molar-refractivity contribution in [1.82, 2.24) is 15.7 Å². The number of nitrogens with one attached hydrogen (secondary N) is 2. The van der Waals surface area contributed by atoms with Gasteiger partial charge in [0.05, 0.1) is 24.3 Å². The number of benzene rings is 1. The molecule has 1 saturated heterocycles. The van der Waals surface area contributed by atoms with Crippen LogP contribution in [0.4, 0.5) is 26.3 Å². The Morgan fingerprint density at radius 3 is 2.06 bits per heavy atom. The molecule has 31 heavy (non-hydrogen) atoms. The average Bonchev–Trinajstić information content (AvgIpc) is 2.70. The third kappa shape index (κ3) is 7.69. The molecule has 1 aromatic rings. The number of hydrogen-bond donors (Lipinski definition) is 2. The quantitative estimate of drug-likeness (QED) is 0.489. The highest BCUT2D eigenvalue weighted by atomic mass is 19.4. The summed E-state index contributed by atoms with van der Waals surface area (Å²) in [6, 6.07) is 0.794. The molecule has 12 heteroatoms. The minimum Gasteiger partial charge on any atom is -0.352 e. The number of carbonyl (C=O) groups is 2. The molecule has 0 aromatic heterocycles. The van der Waals surface area contributed by atoms with Crippen LogP contribution in [-0.2, 0) is 22.0 Å². The van der Waals surface area contributed by atoms with Gasteiger partial charge in [0.25, 0.3) is 11.8 Å². The van der Waals surface area contributed by atoms with Crippen molar-refractivity contribution in [3.63, 3.8) is 0 Å². The lowest BCUT2D eigenvalue weighted by Crippen LogP contribution is -2.43. The van der Waals surface area contributed by atoms with Crippen molar-refractivity contribution < 1.29 is 40.8 Å². The van der Waals surface area contributed by atoms with Crippen LogP contribution < -0.4 is 10.8 Å². The van der Waals surface area contributed by atoms with Gasteiger partial charge >= 0.3 is 12.4 Å². The number of hydrogen-bond acceptors (Lipinski definition) is 4. The van der Waals surface area contributed by atoms with Crippen molar-refractivity contribution in [3.8, 4) is 0 Å². The van der Waals surface area contributed by atoms with E-state index < -0.39 is 35.0 Å². The SMILES string of the molecule is CCONC(=O)CN1CCC(CNC(=O)c2cc(C(F)(F)F)cc(C(F)(F)F)c2)CC1. The molecule has 0 atom stereocenters. The Labute approximate surface area is 174 Å². The zero-order chi connectivity index (χ0) is 23.2. The lowest BCUT2D eigenvalue weighted by atomic mass is 9.96. The van der Waals surface area contributed by atoms with Gasteiger partial charge in [0, 0.05) is 12.1 Å². The molecule has 174 valence electrons. The van der Waals surface area contributed by atoms with Crippen molar-refractivity contribution in [2.75, 3.05) is 32.8 Å². The van der Waals surface area contributed by atoms with Crippen molar-refractivity contribution in [2.24, 2.45) is 5.92 Å². The second-order valence-electron chi connectivity index (χ2n) is 7.18. The highest BCUT2D eigenvalue weighted by Crippen LogP contribution is 2.36. The molecule has 1 aromatic carbocycles. The van der Waals surface area contributed by atoms with Crippen LogP contribution in [0.1, 0.15) is 41.3 Å². The Morgan fingerprint density at radius 1 is 1.03 bits per heavy atom. The van der Waals surface area contributed by atoms with Gasteiger partial charge in [-0.25, -0.2) is 5.48 Å². The predicted molar refractivity (Wildman–Crippen MR) is 97.7 cm³/mol. The maximum absolute atomic E-state index is 12.9. The van der Waals surface area contributed by atoms with E-state index in [4.69, 9.17) is 4.84 Å². The zero-order valence-corrected chi connectivity index (χ0v) is 16.7. The van der Waals surface area contributed by atoms with Crippen LogP contribution in [0.5, 0.6) is 0 Å².